The fourth-order valence-electron chi connectivity index (χ4n) is 2.77. The summed E-state index contributed by atoms with van der Waals surface area (Å²) in [5, 5.41) is 4.50. The molecular weight excluding hydrogens is 344 g/mol. The highest BCUT2D eigenvalue weighted by atomic mass is 79.9. The van der Waals surface area contributed by atoms with Crippen LogP contribution in [0.3, 0.4) is 0 Å². The van der Waals surface area contributed by atoms with Crippen molar-refractivity contribution in [2.75, 3.05) is 13.1 Å². The lowest BCUT2D eigenvalue weighted by molar-refractivity contribution is 0.0791. The van der Waals surface area contributed by atoms with Crippen LogP contribution >= 0.6 is 15.9 Å². The molecule has 2 aromatic rings. The summed E-state index contributed by atoms with van der Waals surface area (Å²) in [7, 11) is 0. The van der Waals surface area contributed by atoms with E-state index in [1.165, 1.54) is 0 Å². The van der Waals surface area contributed by atoms with E-state index in [0.717, 1.165) is 34.5 Å². The number of carbonyl (C=O) groups excluding carboxylic acids is 1. The van der Waals surface area contributed by atoms with Gasteiger partial charge in [-0.1, -0.05) is 0 Å². The maximum Gasteiger partial charge on any atom is 0.253 e. The van der Waals surface area contributed by atoms with Crippen molar-refractivity contribution >= 4 is 21.8 Å². The molecule has 5 nitrogen and oxygen atoms in total. The zero-order valence-electron chi connectivity index (χ0n) is 12.7. The molecule has 0 saturated carbocycles. The minimum Gasteiger partial charge on any atom is -0.337 e. The van der Waals surface area contributed by atoms with Gasteiger partial charge in [-0.05, 0) is 60.5 Å². The molecule has 1 aromatic heterocycles. The summed E-state index contributed by atoms with van der Waals surface area (Å²) in [5.74, 6) is 0.0500. The number of rotatable bonds is 2. The molecule has 3 rings (SSSR count). The van der Waals surface area contributed by atoms with Crippen molar-refractivity contribution < 1.29 is 4.79 Å². The quantitative estimate of drug-likeness (QED) is 0.891. The topological polar surface area (TPSA) is 64.2 Å². The zero-order valence-corrected chi connectivity index (χ0v) is 14.3. The number of amides is 1. The summed E-state index contributed by atoms with van der Waals surface area (Å²) in [6, 6.07) is 7.66. The number of aryl methyl sites for hydroxylation is 1. The molecule has 0 bridgehead atoms. The highest BCUT2D eigenvalue weighted by molar-refractivity contribution is 9.10. The Morgan fingerprint density at radius 2 is 2.00 bits per heavy atom. The molecule has 0 aliphatic carbocycles. The van der Waals surface area contributed by atoms with Gasteiger partial charge in [0.15, 0.2) is 0 Å². The summed E-state index contributed by atoms with van der Waals surface area (Å²) < 4.78 is 2.89. The van der Waals surface area contributed by atoms with Crippen molar-refractivity contribution in [2.45, 2.75) is 26.3 Å². The van der Waals surface area contributed by atoms with Crippen molar-refractivity contribution in [3.8, 4) is 5.69 Å². The van der Waals surface area contributed by atoms with Crippen molar-refractivity contribution in [2.24, 2.45) is 5.73 Å². The van der Waals surface area contributed by atoms with Crippen molar-refractivity contribution in [1.82, 2.24) is 14.7 Å². The number of benzene rings is 1. The molecule has 2 heterocycles. The van der Waals surface area contributed by atoms with E-state index in [2.05, 4.69) is 21.0 Å². The lowest BCUT2D eigenvalue weighted by Gasteiger charge is -2.16. The largest absolute Gasteiger partial charge is 0.337 e. The Kier molecular flexibility index (Phi) is 4.06. The maximum atomic E-state index is 12.4. The first kappa shape index (κ1) is 15.2. The second kappa shape index (κ2) is 5.85. The van der Waals surface area contributed by atoms with Crippen LogP contribution in [0.15, 0.2) is 28.7 Å². The lowest BCUT2D eigenvalue weighted by atomic mass is 10.2. The van der Waals surface area contributed by atoms with Gasteiger partial charge in [0.2, 0.25) is 0 Å². The Morgan fingerprint density at radius 1 is 1.32 bits per heavy atom. The maximum absolute atomic E-state index is 12.4. The van der Waals surface area contributed by atoms with Crippen molar-refractivity contribution in [3.05, 3.63) is 45.7 Å². The average molecular weight is 363 g/mol. The number of nitrogens with two attached hydrogens (primary N) is 1. The number of halogens is 1. The summed E-state index contributed by atoms with van der Waals surface area (Å²) in [6.45, 7) is 5.36. The van der Waals surface area contributed by atoms with Crippen molar-refractivity contribution in [1.29, 1.82) is 0 Å². The van der Waals surface area contributed by atoms with Crippen LogP contribution in [0, 0.1) is 13.8 Å². The van der Waals surface area contributed by atoms with Gasteiger partial charge in [0.1, 0.15) is 0 Å². The fraction of sp³-hybridized carbons (Fsp3) is 0.375. The number of likely N-dealkylation sites (tertiary alicyclic amines) is 1. The molecule has 0 radical (unpaired) electrons. The Bertz CT molecular complexity index is 708. The highest BCUT2D eigenvalue weighted by Gasteiger charge is 2.24. The third-order valence-corrected chi connectivity index (χ3v) is 5.22. The van der Waals surface area contributed by atoms with Crippen LogP contribution < -0.4 is 5.73 Å². The van der Waals surface area contributed by atoms with Crippen LogP contribution in [-0.2, 0) is 0 Å². The van der Waals surface area contributed by atoms with Gasteiger partial charge in [0, 0.05) is 24.7 Å². The molecule has 1 saturated heterocycles. The van der Waals surface area contributed by atoms with Crippen LogP contribution in [0.1, 0.15) is 28.2 Å². The number of aromatic nitrogens is 2. The molecule has 1 aliphatic heterocycles. The molecule has 0 unspecified atom stereocenters. The number of nitrogens with zero attached hydrogens (tertiary/aromatic N) is 3. The molecule has 1 fully saturated rings. The van der Waals surface area contributed by atoms with Gasteiger partial charge in [-0.2, -0.15) is 5.10 Å². The van der Waals surface area contributed by atoms with E-state index in [-0.39, 0.29) is 11.9 Å². The molecule has 22 heavy (non-hydrogen) atoms. The molecule has 2 N–H and O–H groups in total. The summed E-state index contributed by atoms with van der Waals surface area (Å²) >= 11 is 3.53. The molecule has 1 aliphatic rings. The monoisotopic (exact) mass is 362 g/mol. The second-order valence-corrected chi connectivity index (χ2v) is 6.54. The number of hydrogen-bond donors (Lipinski definition) is 1. The van der Waals surface area contributed by atoms with Gasteiger partial charge >= 0.3 is 0 Å². The van der Waals surface area contributed by atoms with Crippen LogP contribution in [0.4, 0.5) is 0 Å². The van der Waals surface area contributed by atoms with E-state index in [9.17, 15) is 4.79 Å². The van der Waals surface area contributed by atoms with E-state index in [1.807, 2.05) is 47.7 Å². The number of carbonyl (C=O) groups is 1. The SMILES string of the molecule is Cc1nn(-c2ccc(C(=O)N3CC[C@@H](N)C3)cc2)c(C)c1Br. The predicted molar refractivity (Wildman–Crippen MR) is 89.2 cm³/mol. The third-order valence-electron chi connectivity index (χ3n) is 4.07. The summed E-state index contributed by atoms with van der Waals surface area (Å²) in [6.07, 6.45) is 0.879. The molecule has 116 valence electrons. The summed E-state index contributed by atoms with van der Waals surface area (Å²) in [5.41, 5.74) is 9.49. The van der Waals surface area contributed by atoms with E-state index >= 15 is 0 Å². The van der Waals surface area contributed by atoms with Crippen LogP contribution in [-0.4, -0.2) is 39.7 Å². The van der Waals surface area contributed by atoms with Crippen LogP contribution in [0.5, 0.6) is 0 Å². The van der Waals surface area contributed by atoms with Gasteiger partial charge in [-0.15, -0.1) is 0 Å². The average Bonchev–Trinajstić information content (AvgIpc) is 3.06. The van der Waals surface area contributed by atoms with Gasteiger partial charge < -0.3 is 10.6 Å². The molecular formula is C16H19BrN4O. The lowest BCUT2D eigenvalue weighted by Crippen LogP contribution is -2.31. The van der Waals surface area contributed by atoms with Gasteiger partial charge in [0.25, 0.3) is 5.91 Å². The Morgan fingerprint density at radius 3 is 2.50 bits per heavy atom. The Labute approximate surface area is 138 Å². The molecule has 1 atom stereocenters. The molecule has 1 aromatic carbocycles. The van der Waals surface area contributed by atoms with Gasteiger partial charge in [-0.3, -0.25) is 4.79 Å². The van der Waals surface area contributed by atoms with E-state index in [1.54, 1.807) is 0 Å². The second-order valence-electron chi connectivity index (χ2n) is 5.74. The van der Waals surface area contributed by atoms with E-state index in [4.69, 9.17) is 5.73 Å². The van der Waals surface area contributed by atoms with Crippen LogP contribution in [0.25, 0.3) is 5.69 Å². The first-order chi connectivity index (χ1) is 10.5. The standard InChI is InChI=1S/C16H19BrN4O/c1-10-15(17)11(2)21(19-10)14-5-3-12(4-6-14)16(22)20-8-7-13(18)9-20/h3-6,13H,7-9,18H2,1-2H3/t13-/m1/s1. The van der Waals surface area contributed by atoms with Gasteiger partial charge in [-0.25, -0.2) is 4.68 Å². The first-order valence-electron chi connectivity index (χ1n) is 7.34. The Balaban J connectivity index is 1.83. The molecule has 0 spiro atoms. The molecule has 1 amide bonds. The van der Waals surface area contributed by atoms with E-state index < -0.39 is 0 Å². The van der Waals surface area contributed by atoms with Crippen molar-refractivity contribution in [3.63, 3.8) is 0 Å². The Hall–Kier alpha value is -1.66. The third kappa shape index (κ3) is 2.68. The van der Waals surface area contributed by atoms with E-state index in [0.29, 0.717) is 12.1 Å². The smallest absolute Gasteiger partial charge is 0.253 e. The normalized spacial score (nSPS) is 18.0. The number of hydrogen-bond acceptors (Lipinski definition) is 3. The van der Waals surface area contributed by atoms with Crippen LogP contribution in [0.2, 0.25) is 0 Å². The zero-order chi connectivity index (χ0) is 15.9. The predicted octanol–water partition coefficient (Wildman–Crippen LogP) is 2.42. The molecule has 6 heteroatoms. The first-order valence-corrected chi connectivity index (χ1v) is 8.13. The van der Waals surface area contributed by atoms with Gasteiger partial charge in [0.05, 0.1) is 21.5 Å². The minimum atomic E-state index is 0.0500. The summed E-state index contributed by atoms with van der Waals surface area (Å²) in [4.78, 5) is 14.2. The highest BCUT2D eigenvalue weighted by Crippen LogP contribution is 2.23. The fourth-order valence-corrected chi connectivity index (χ4v) is 3.02. The minimum absolute atomic E-state index is 0.0500.